The SMILES string of the molecule is CC(=O)Nc1ccc(S(=O)(=O)N2CCn3cccc3C2c2ccc(F)c(F)c2)cc1. The molecule has 9 heteroatoms. The maximum atomic E-state index is 13.9. The number of hydrogen-bond acceptors (Lipinski definition) is 3. The monoisotopic (exact) mass is 431 g/mol. The van der Waals surface area contributed by atoms with Crippen molar-refractivity contribution in [2.45, 2.75) is 24.4 Å². The van der Waals surface area contributed by atoms with E-state index in [-0.39, 0.29) is 17.3 Å². The van der Waals surface area contributed by atoms with Gasteiger partial charge < -0.3 is 9.88 Å². The average molecular weight is 431 g/mol. The molecule has 1 amide bonds. The standard InChI is InChI=1S/C21H19F2N3O3S/c1-14(27)24-16-5-7-17(8-6-16)30(28,29)26-12-11-25-10-2-3-20(25)21(26)15-4-9-18(22)19(23)13-15/h2-10,13,21H,11-12H2,1H3,(H,24,27). The number of nitrogens with one attached hydrogen (secondary N) is 1. The number of amides is 1. The normalized spacial score (nSPS) is 16.8. The van der Waals surface area contributed by atoms with E-state index in [1.54, 1.807) is 12.1 Å². The van der Waals surface area contributed by atoms with Gasteiger partial charge in [-0.15, -0.1) is 0 Å². The number of nitrogens with zero attached hydrogens (tertiary/aromatic N) is 2. The summed E-state index contributed by atoms with van der Waals surface area (Å²) in [7, 11) is -3.96. The number of benzene rings is 2. The quantitative estimate of drug-likeness (QED) is 0.687. The molecule has 156 valence electrons. The van der Waals surface area contributed by atoms with Crippen molar-refractivity contribution in [3.63, 3.8) is 0 Å². The molecule has 0 saturated heterocycles. The van der Waals surface area contributed by atoms with Crippen LogP contribution >= 0.6 is 0 Å². The minimum absolute atomic E-state index is 0.0455. The Hall–Kier alpha value is -3.04. The average Bonchev–Trinajstić information content (AvgIpc) is 3.18. The van der Waals surface area contributed by atoms with Crippen molar-refractivity contribution in [1.29, 1.82) is 0 Å². The van der Waals surface area contributed by atoms with Crippen molar-refractivity contribution in [2.75, 3.05) is 11.9 Å². The lowest BCUT2D eigenvalue weighted by molar-refractivity contribution is -0.114. The van der Waals surface area contributed by atoms with Crippen molar-refractivity contribution < 1.29 is 22.0 Å². The van der Waals surface area contributed by atoms with E-state index < -0.39 is 27.7 Å². The molecule has 2 aromatic carbocycles. The highest BCUT2D eigenvalue weighted by atomic mass is 32.2. The summed E-state index contributed by atoms with van der Waals surface area (Å²) in [6, 6.07) is 12.0. The second kappa shape index (κ2) is 7.66. The maximum Gasteiger partial charge on any atom is 0.244 e. The predicted molar refractivity (Wildman–Crippen MR) is 107 cm³/mol. The van der Waals surface area contributed by atoms with Crippen LogP contribution in [0.25, 0.3) is 0 Å². The van der Waals surface area contributed by atoms with Crippen molar-refractivity contribution in [3.8, 4) is 0 Å². The molecule has 1 aliphatic rings. The Labute approximate surface area is 172 Å². The first-order valence-electron chi connectivity index (χ1n) is 9.27. The Balaban J connectivity index is 1.77. The lowest BCUT2D eigenvalue weighted by atomic mass is 10.0. The molecule has 0 saturated carbocycles. The summed E-state index contributed by atoms with van der Waals surface area (Å²) in [6.07, 6.45) is 1.83. The van der Waals surface area contributed by atoms with Gasteiger partial charge in [0.05, 0.1) is 10.9 Å². The van der Waals surface area contributed by atoms with E-state index in [9.17, 15) is 22.0 Å². The molecular weight excluding hydrogens is 412 g/mol. The smallest absolute Gasteiger partial charge is 0.244 e. The number of halogens is 2. The van der Waals surface area contributed by atoms with Gasteiger partial charge in [0.1, 0.15) is 0 Å². The van der Waals surface area contributed by atoms with Crippen LogP contribution < -0.4 is 5.32 Å². The first-order valence-corrected chi connectivity index (χ1v) is 10.7. The summed E-state index contributed by atoms with van der Waals surface area (Å²) in [6.45, 7) is 1.97. The summed E-state index contributed by atoms with van der Waals surface area (Å²) >= 11 is 0. The zero-order valence-electron chi connectivity index (χ0n) is 16.0. The first-order chi connectivity index (χ1) is 14.3. The van der Waals surface area contributed by atoms with Crippen LogP contribution in [-0.4, -0.2) is 29.7 Å². The highest BCUT2D eigenvalue weighted by Gasteiger charge is 2.37. The molecule has 0 bridgehead atoms. The molecule has 0 aliphatic carbocycles. The number of aromatic nitrogens is 1. The molecule has 6 nitrogen and oxygen atoms in total. The summed E-state index contributed by atoms with van der Waals surface area (Å²) in [5.74, 6) is -2.29. The number of carbonyl (C=O) groups excluding carboxylic acids is 1. The molecule has 0 radical (unpaired) electrons. The Kier molecular flexibility index (Phi) is 5.17. The Morgan fingerprint density at radius 3 is 2.43 bits per heavy atom. The summed E-state index contributed by atoms with van der Waals surface area (Å²) in [5, 5.41) is 2.59. The Bertz CT molecular complexity index is 1210. The zero-order valence-corrected chi connectivity index (χ0v) is 16.9. The number of rotatable bonds is 4. The largest absolute Gasteiger partial charge is 0.348 e. The fourth-order valence-corrected chi connectivity index (χ4v) is 5.27. The number of anilines is 1. The van der Waals surface area contributed by atoms with Gasteiger partial charge in [-0.25, -0.2) is 17.2 Å². The van der Waals surface area contributed by atoms with E-state index in [2.05, 4.69) is 5.32 Å². The number of carbonyl (C=O) groups is 1. The highest BCUT2D eigenvalue weighted by Crippen LogP contribution is 2.37. The van der Waals surface area contributed by atoms with Gasteiger partial charge in [0.2, 0.25) is 15.9 Å². The summed E-state index contributed by atoms with van der Waals surface area (Å²) in [4.78, 5) is 11.2. The van der Waals surface area contributed by atoms with Crippen LogP contribution in [0.15, 0.2) is 65.7 Å². The van der Waals surface area contributed by atoms with Crippen LogP contribution in [0, 0.1) is 11.6 Å². The highest BCUT2D eigenvalue weighted by molar-refractivity contribution is 7.89. The third kappa shape index (κ3) is 3.61. The van der Waals surface area contributed by atoms with Crippen molar-refractivity contribution in [1.82, 2.24) is 8.87 Å². The second-order valence-electron chi connectivity index (χ2n) is 7.02. The van der Waals surface area contributed by atoms with E-state index >= 15 is 0 Å². The number of sulfonamides is 1. The fraction of sp³-hybridized carbons (Fsp3) is 0.190. The predicted octanol–water partition coefficient (Wildman–Crippen LogP) is 3.52. The van der Waals surface area contributed by atoms with Crippen LogP contribution in [0.1, 0.15) is 24.2 Å². The van der Waals surface area contributed by atoms with E-state index in [0.29, 0.717) is 23.5 Å². The molecule has 30 heavy (non-hydrogen) atoms. The van der Waals surface area contributed by atoms with Crippen LogP contribution in [0.4, 0.5) is 14.5 Å². The number of fused-ring (bicyclic) bond motifs is 1. The van der Waals surface area contributed by atoms with Gasteiger partial charge in [0, 0.05) is 37.6 Å². The lowest BCUT2D eigenvalue weighted by Crippen LogP contribution is -2.42. The van der Waals surface area contributed by atoms with E-state index in [1.165, 1.54) is 41.6 Å². The molecule has 3 aromatic rings. The van der Waals surface area contributed by atoms with E-state index in [0.717, 1.165) is 12.1 Å². The minimum Gasteiger partial charge on any atom is -0.348 e. The molecule has 1 aliphatic heterocycles. The maximum absolute atomic E-state index is 13.9. The van der Waals surface area contributed by atoms with Crippen molar-refractivity contribution in [3.05, 3.63) is 83.7 Å². The van der Waals surface area contributed by atoms with Gasteiger partial charge in [-0.05, 0) is 54.1 Å². The lowest BCUT2D eigenvalue weighted by Gasteiger charge is -2.36. The summed E-state index contributed by atoms with van der Waals surface area (Å²) in [5.41, 5.74) is 1.49. The van der Waals surface area contributed by atoms with E-state index in [1.807, 2.05) is 10.8 Å². The molecule has 4 rings (SSSR count). The summed E-state index contributed by atoms with van der Waals surface area (Å²) < 4.78 is 57.5. The molecule has 1 atom stereocenters. The van der Waals surface area contributed by atoms with Crippen molar-refractivity contribution >= 4 is 21.6 Å². The van der Waals surface area contributed by atoms with Crippen molar-refractivity contribution in [2.24, 2.45) is 0 Å². The van der Waals surface area contributed by atoms with Gasteiger partial charge in [-0.1, -0.05) is 6.07 Å². The Morgan fingerprint density at radius 1 is 1.03 bits per heavy atom. The van der Waals surface area contributed by atoms with Gasteiger partial charge in [-0.2, -0.15) is 4.31 Å². The number of hydrogen-bond donors (Lipinski definition) is 1. The van der Waals surface area contributed by atoms with Gasteiger partial charge >= 0.3 is 0 Å². The molecule has 1 unspecified atom stereocenters. The van der Waals surface area contributed by atoms with Gasteiger partial charge in [0.25, 0.3) is 0 Å². The van der Waals surface area contributed by atoms with E-state index in [4.69, 9.17) is 0 Å². The van der Waals surface area contributed by atoms with Crippen LogP contribution in [0.2, 0.25) is 0 Å². The molecule has 0 fully saturated rings. The molecule has 1 aromatic heterocycles. The molecule has 0 spiro atoms. The molecule has 2 heterocycles. The molecule has 1 N–H and O–H groups in total. The fourth-order valence-electron chi connectivity index (χ4n) is 3.69. The van der Waals surface area contributed by atoms with Crippen LogP contribution in [0.5, 0.6) is 0 Å². The third-order valence-corrected chi connectivity index (χ3v) is 6.91. The topological polar surface area (TPSA) is 71.4 Å². The molecular formula is C21H19F2N3O3S. The zero-order chi connectivity index (χ0) is 21.5. The van der Waals surface area contributed by atoms with Crippen LogP contribution in [-0.2, 0) is 21.4 Å². The third-order valence-electron chi connectivity index (χ3n) is 5.03. The Morgan fingerprint density at radius 2 is 1.77 bits per heavy atom. The van der Waals surface area contributed by atoms with Gasteiger partial charge in [0.15, 0.2) is 11.6 Å². The minimum atomic E-state index is -3.96. The first kappa shape index (κ1) is 20.2. The van der Waals surface area contributed by atoms with Crippen LogP contribution in [0.3, 0.4) is 0 Å². The second-order valence-corrected chi connectivity index (χ2v) is 8.91. The van der Waals surface area contributed by atoms with Gasteiger partial charge in [-0.3, -0.25) is 4.79 Å².